The number of rotatable bonds is 12. The van der Waals surface area contributed by atoms with Gasteiger partial charge in [0, 0.05) is 24.4 Å². The molecule has 0 aromatic heterocycles. The number of anilines is 1. The molecule has 2 aromatic rings. The molecule has 0 bridgehead atoms. The van der Waals surface area contributed by atoms with Gasteiger partial charge in [-0.15, -0.1) is 0 Å². The van der Waals surface area contributed by atoms with Crippen molar-refractivity contribution in [3.05, 3.63) is 70.3 Å². The van der Waals surface area contributed by atoms with E-state index >= 15 is 0 Å². The number of nitro groups is 1. The van der Waals surface area contributed by atoms with E-state index in [4.69, 9.17) is 16.2 Å². The zero-order chi connectivity index (χ0) is 26.5. The first-order chi connectivity index (χ1) is 17.2. The molecule has 192 valence electrons. The summed E-state index contributed by atoms with van der Waals surface area (Å²) in [6.07, 6.45) is -0.231. The summed E-state index contributed by atoms with van der Waals surface area (Å²) in [7, 11) is 0. The van der Waals surface area contributed by atoms with Crippen LogP contribution in [0.5, 0.6) is 0 Å². The Hall–Kier alpha value is -4.68. The zero-order valence-electron chi connectivity index (χ0n) is 19.7. The van der Waals surface area contributed by atoms with Crippen LogP contribution in [0.15, 0.2) is 59.6 Å². The summed E-state index contributed by atoms with van der Waals surface area (Å²) in [4.78, 5) is 51.7. The number of alkyl carbamates (subject to hydrolysis) is 1. The fraction of sp³-hybridized carbons (Fsp3) is 0.304. The minimum absolute atomic E-state index is 0.0338. The molecule has 0 spiro atoms. The normalized spacial score (nSPS) is 11.9. The number of nitro benzene ring substituents is 1. The molecule has 0 radical (unpaired) electrons. The third-order valence-electron chi connectivity index (χ3n) is 4.86. The number of amides is 3. The maximum Gasteiger partial charge on any atom is 0.408 e. The summed E-state index contributed by atoms with van der Waals surface area (Å²) in [6, 6.07) is 12.3. The first-order valence-electron chi connectivity index (χ1n) is 11.0. The average molecular weight is 500 g/mol. The van der Waals surface area contributed by atoms with Crippen molar-refractivity contribution in [2.45, 2.75) is 38.5 Å². The number of carbonyl (C=O) groups excluding carboxylic acids is 3. The maximum atomic E-state index is 12.8. The van der Waals surface area contributed by atoms with Crippen molar-refractivity contribution in [1.29, 1.82) is 0 Å². The summed E-state index contributed by atoms with van der Waals surface area (Å²) in [5, 5.41) is 18.4. The number of hydrogen-bond acceptors (Lipinski definition) is 7. The fourth-order valence-electron chi connectivity index (χ4n) is 2.97. The predicted octanol–water partition coefficient (Wildman–Crippen LogP) is 1.39. The topological polar surface area (TPSA) is 204 Å². The van der Waals surface area contributed by atoms with Crippen LogP contribution in [0.4, 0.5) is 16.2 Å². The van der Waals surface area contributed by atoms with Gasteiger partial charge in [0.05, 0.1) is 4.92 Å². The van der Waals surface area contributed by atoms with Gasteiger partial charge in [-0.3, -0.25) is 24.7 Å². The Kier molecular flexibility index (Phi) is 10.6. The van der Waals surface area contributed by atoms with Gasteiger partial charge in [-0.05, 0) is 37.5 Å². The number of nitrogens with zero attached hydrogens (tertiary/aromatic N) is 2. The zero-order valence-corrected chi connectivity index (χ0v) is 19.7. The van der Waals surface area contributed by atoms with Gasteiger partial charge in [-0.1, -0.05) is 30.3 Å². The van der Waals surface area contributed by atoms with Crippen molar-refractivity contribution in [3.63, 3.8) is 0 Å². The van der Waals surface area contributed by atoms with E-state index in [2.05, 4.69) is 20.9 Å². The molecular weight excluding hydrogens is 470 g/mol. The number of nitrogens with two attached hydrogens (primary N) is 2. The quantitative estimate of drug-likeness (QED) is 0.0946. The van der Waals surface area contributed by atoms with Crippen molar-refractivity contribution in [2.75, 3.05) is 11.9 Å². The first-order valence-corrected chi connectivity index (χ1v) is 11.0. The fourth-order valence-corrected chi connectivity index (χ4v) is 2.97. The highest BCUT2D eigenvalue weighted by atomic mass is 16.6. The Morgan fingerprint density at radius 3 is 2.31 bits per heavy atom. The van der Waals surface area contributed by atoms with Crippen LogP contribution in [0.2, 0.25) is 0 Å². The molecule has 2 atom stereocenters. The molecule has 0 saturated heterocycles. The van der Waals surface area contributed by atoms with Crippen LogP contribution in [-0.4, -0.2) is 47.4 Å². The van der Waals surface area contributed by atoms with Crippen LogP contribution in [-0.2, 0) is 20.9 Å². The highest BCUT2D eigenvalue weighted by Gasteiger charge is 2.25. The number of non-ortho nitro benzene ring substituents is 1. The summed E-state index contributed by atoms with van der Waals surface area (Å²) < 4.78 is 5.11. The van der Waals surface area contributed by atoms with Crippen molar-refractivity contribution >= 4 is 35.2 Å². The minimum Gasteiger partial charge on any atom is -0.445 e. The number of carbonyl (C=O) groups is 3. The smallest absolute Gasteiger partial charge is 0.408 e. The molecule has 13 heteroatoms. The largest absolute Gasteiger partial charge is 0.445 e. The number of guanidine groups is 1. The molecule has 2 aromatic carbocycles. The van der Waals surface area contributed by atoms with E-state index in [-0.39, 0.29) is 31.2 Å². The monoisotopic (exact) mass is 499 g/mol. The second-order valence-electron chi connectivity index (χ2n) is 7.73. The summed E-state index contributed by atoms with van der Waals surface area (Å²) >= 11 is 0. The van der Waals surface area contributed by atoms with Crippen LogP contribution < -0.4 is 27.4 Å². The SMILES string of the molecule is C[C@H](NC(=O)OCc1ccccc1)C(=O)N[C@@H](CCCN=C(N)N)C(=O)Nc1ccc([N+](=O)[O-])cc1. The third kappa shape index (κ3) is 9.67. The molecule has 0 heterocycles. The van der Waals surface area contributed by atoms with Gasteiger partial charge in [0.1, 0.15) is 18.7 Å². The lowest BCUT2D eigenvalue weighted by Gasteiger charge is -2.21. The Morgan fingerprint density at radius 2 is 1.69 bits per heavy atom. The Morgan fingerprint density at radius 1 is 1.03 bits per heavy atom. The second kappa shape index (κ2) is 13.9. The number of aliphatic imine (C=N–C) groups is 1. The van der Waals surface area contributed by atoms with E-state index in [1.54, 1.807) is 12.1 Å². The molecule has 0 aliphatic heterocycles. The highest BCUT2D eigenvalue weighted by Crippen LogP contribution is 2.16. The summed E-state index contributed by atoms with van der Waals surface area (Å²) in [5.74, 6) is -1.27. The second-order valence-corrected chi connectivity index (χ2v) is 7.73. The van der Waals surface area contributed by atoms with Crippen LogP contribution in [0, 0.1) is 10.1 Å². The molecule has 0 unspecified atom stereocenters. The van der Waals surface area contributed by atoms with Gasteiger partial charge in [0.15, 0.2) is 5.96 Å². The molecule has 3 amide bonds. The summed E-state index contributed by atoms with van der Waals surface area (Å²) in [6.45, 7) is 1.72. The van der Waals surface area contributed by atoms with E-state index < -0.39 is 34.9 Å². The van der Waals surface area contributed by atoms with Crippen LogP contribution in [0.25, 0.3) is 0 Å². The lowest BCUT2D eigenvalue weighted by atomic mass is 10.1. The van der Waals surface area contributed by atoms with Crippen LogP contribution in [0.3, 0.4) is 0 Å². The van der Waals surface area contributed by atoms with Crippen LogP contribution >= 0.6 is 0 Å². The molecule has 0 aliphatic carbocycles. The van der Waals surface area contributed by atoms with Gasteiger partial charge in [-0.25, -0.2) is 4.79 Å². The lowest BCUT2D eigenvalue weighted by Crippen LogP contribution is -2.51. The third-order valence-corrected chi connectivity index (χ3v) is 4.86. The van der Waals surface area contributed by atoms with Crippen molar-refractivity contribution < 1.29 is 24.0 Å². The maximum absolute atomic E-state index is 12.8. The van der Waals surface area contributed by atoms with Gasteiger partial charge < -0.3 is 32.2 Å². The van der Waals surface area contributed by atoms with Gasteiger partial charge in [-0.2, -0.15) is 0 Å². The molecule has 0 aliphatic rings. The molecule has 0 fully saturated rings. The molecule has 7 N–H and O–H groups in total. The molecule has 0 saturated carbocycles. The van der Waals surface area contributed by atoms with E-state index in [0.29, 0.717) is 12.1 Å². The van der Waals surface area contributed by atoms with Crippen molar-refractivity contribution in [3.8, 4) is 0 Å². The number of nitrogens with one attached hydrogen (secondary N) is 3. The highest BCUT2D eigenvalue weighted by molar-refractivity contribution is 5.98. The number of benzene rings is 2. The Balaban J connectivity index is 1.96. The Labute approximate surface area is 207 Å². The number of ether oxygens (including phenoxy) is 1. The van der Waals surface area contributed by atoms with Crippen molar-refractivity contribution in [2.24, 2.45) is 16.5 Å². The van der Waals surface area contributed by atoms with Crippen LogP contribution in [0.1, 0.15) is 25.3 Å². The molecule has 13 nitrogen and oxygen atoms in total. The van der Waals surface area contributed by atoms with E-state index in [0.717, 1.165) is 5.56 Å². The number of hydrogen-bond donors (Lipinski definition) is 5. The predicted molar refractivity (Wildman–Crippen MR) is 133 cm³/mol. The summed E-state index contributed by atoms with van der Waals surface area (Å²) in [5.41, 5.74) is 11.6. The lowest BCUT2D eigenvalue weighted by molar-refractivity contribution is -0.384. The average Bonchev–Trinajstić information content (AvgIpc) is 2.85. The van der Waals surface area contributed by atoms with Crippen molar-refractivity contribution in [1.82, 2.24) is 10.6 Å². The van der Waals surface area contributed by atoms with E-state index in [9.17, 15) is 24.5 Å². The van der Waals surface area contributed by atoms with Gasteiger partial charge in [0.2, 0.25) is 11.8 Å². The first kappa shape index (κ1) is 27.6. The minimum atomic E-state index is -0.999. The van der Waals surface area contributed by atoms with Gasteiger partial charge in [0.25, 0.3) is 5.69 Å². The van der Waals surface area contributed by atoms with Gasteiger partial charge >= 0.3 is 6.09 Å². The standard InChI is InChI=1S/C23H29N7O6/c1-15(27-23(33)36-14-16-6-3-2-4-7-16)20(31)29-19(8-5-13-26-22(24)25)21(32)28-17-9-11-18(12-10-17)30(34)35/h2-4,6-7,9-12,15,19H,5,8,13-14H2,1H3,(H,27,33)(H,28,32)(H,29,31)(H4,24,25,26)/t15-,19-/m0/s1. The Bertz CT molecular complexity index is 1070. The molecule has 2 rings (SSSR count). The van der Waals surface area contributed by atoms with E-state index in [1.807, 2.05) is 18.2 Å². The van der Waals surface area contributed by atoms with E-state index in [1.165, 1.54) is 31.2 Å². The molecule has 36 heavy (non-hydrogen) atoms. The molecular formula is C23H29N7O6.